The molecule has 0 unspecified atom stereocenters. The third-order valence-electron chi connectivity index (χ3n) is 2.50. The van der Waals surface area contributed by atoms with Crippen LogP contribution in [0.5, 0.6) is 11.5 Å². The fraction of sp³-hybridized carbons (Fsp3) is 0.143. The zero-order valence-corrected chi connectivity index (χ0v) is 10.0. The molecule has 2 aromatic carbocycles. The van der Waals surface area contributed by atoms with Gasteiger partial charge in [0.05, 0.1) is 12.8 Å². The Bertz CT molecular complexity index is 543. The molecule has 0 aliphatic rings. The number of methoxy groups -OCH3 is 1. The van der Waals surface area contributed by atoms with Gasteiger partial charge in [0.2, 0.25) is 0 Å². The second kappa shape index (κ2) is 5.40. The summed E-state index contributed by atoms with van der Waals surface area (Å²) in [4.78, 5) is 0. The zero-order chi connectivity index (χ0) is 13.0. The normalized spacial score (nSPS) is 10.1. The quantitative estimate of drug-likeness (QED) is 0.845. The molecule has 2 N–H and O–H groups in total. The van der Waals surface area contributed by atoms with Crippen LogP contribution in [-0.2, 0) is 6.61 Å². The van der Waals surface area contributed by atoms with Gasteiger partial charge in [-0.1, -0.05) is 12.1 Å². The van der Waals surface area contributed by atoms with E-state index in [1.165, 1.54) is 12.1 Å². The van der Waals surface area contributed by atoms with Crippen molar-refractivity contribution in [3.63, 3.8) is 0 Å². The maximum atomic E-state index is 12.9. The second-order valence-electron chi connectivity index (χ2n) is 3.82. The Hall–Kier alpha value is -2.23. The maximum Gasteiger partial charge on any atom is 0.142 e. The first-order valence-electron chi connectivity index (χ1n) is 5.50. The van der Waals surface area contributed by atoms with Gasteiger partial charge in [-0.15, -0.1) is 0 Å². The van der Waals surface area contributed by atoms with Gasteiger partial charge in [-0.25, -0.2) is 4.39 Å². The lowest BCUT2D eigenvalue weighted by atomic mass is 10.2. The van der Waals surface area contributed by atoms with Crippen LogP contribution < -0.4 is 15.2 Å². The molecule has 0 bridgehead atoms. The average Bonchev–Trinajstić information content (AvgIpc) is 2.38. The largest absolute Gasteiger partial charge is 0.495 e. The van der Waals surface area contributed by atoms with Crippen molar-refractivity contribution in [3.05, 3.63) is 53.8 Å². The molecule has 0 amide bonds. The van der Waals surface area contributed by atoms with Crippen molar-refractivity contribution >= 4 is 5.69 Å². The first-order valence-corrected chi connectivity index (χ1v) is 5.50. The summed E-state index contributed by atoms with van der Waals surface area (Å²) in [6, 6.07) is 11.4. The highest BCUT2D eigenvalue weighted by Gasteiger charge is 2.02. The Kier molecular flexibility index (Phi) is 3.67. The molecule has 18 heavy (non-hydrogen) atoms. The van der Waals surface area contributed by atoms with E-state index in [4.69, 9.17) is 15.2 Å². The van der Waals surface area contributed by atoms with E-state index in [1.54, 1.807) is 31.4 Å². The van der Waals surface area contributed by atoms with Crippen LogP contribution in [0.4, 0.5) is 10.1 Å². The third kappa shape index (κ3) is 2.91. The highest BCUT2D eigenvalue weighted by molar-refractivity contribution is 5.53. The monoisotopic (exact) mass is 247 g/mol. The highest BCUT2D eigenvalue weighted by Crippen LogP contribution is 2.23. The summed E-state index contributed by atoms with van der Waals surface area (Å²) in [7, 11) is 1.56. The molecule has 0 aliphatic heterocycles. The molecule has 94 valence electrons. The fourth-order valence-electron chi connectivity index (χ4n) is 1.57. The van der Waals surface area contributed by atoms with Crippen LogP contribution >= 0.6 is 0 Å². The molecule has 4 heteroatoms. The minimum atomic E-state index is -0.317. The molecule has 0 atom stereocenters. The molecule has 2 aromatic rings. The van der Waals surface area contributed by atoms with Gasteiger partial charge in [0.25, 0.3) is 0 Å². The van der Waals surface area contributed by atoms with Crippen LogP contribution in [0.25, 0.3) is 0 Å². The van der Waals surface area contributed by atoms with Crippen molar-refractivity contribution in [2.75, 3.05) is 12.8 Å². The summed E-state index contributed by atoms with van der Waals surface area (Å²) in [5.41, 5.74) is 7.20. The van der Waals surface area contributed by atoms with E-state index in [0.29, 0.717) is 23.8 Å². The van der Waals surface area contributed by atoms with Crippen molar-refractivity contribution in [1.82, 2.24) is 0 Å². The number of benzene rings is 2. The molecular formula is C14H14FNO2. The van der Waals surface area contributed by atoms with Crippen molar-refractivity contribution < 1.29 is 13.9 Å². The lowest BCUT2D eigenvalue weighted by molar-refractivity contribution is 0.303. The van der Waals surface area contributed by atoms with Crippen LogP contribution in [0.15, 0.2) is 42.5 Å². The summed E-state index contributed by atoms with van der Waals surface area (Å²) in [5, 5.41) is 0. The van der Waals surface area contributed by atoms with Gasteiger partial charge in [0.1, 0.15) is 23.9 Å². The lowest BCUT2D eigenvalue weighted by Crippen LogP contribution is -1.98. The number of halogens is 1. The molecule has 3 nitrogen and oxygen atoms in total. The van der Waals surface area contributed by atoms with Gasteiger partial charge < -0.3 is 15.2 Å². The maximum absolute atomic E-state index is 12.9. The molecule has 0 aliphatic carbocycles. The number of hydrogen-bond donors (Lipinski definition) is 1. The van der Waals surface area contributed by atoms with Crippen LogP contribution in [0.1, 0.15) is 5.56 Å². The minimum absolute atomic E-state index is 0.317. The van der Waals surface area contributed by atoms with Gasteiger partial charge in [-0.3, -0.25) is 0 Å². The van der Waals surface area contributed by atoms with E-state index in [2.05, 4.69) is 0 Å². The molecule has 0 saturated heterocycles. The van der Waals surface area contributed by atoms with Crippen molar-refractivity contribution in [2.45, 2.75) is 6.61 Å². The topological polar surface area (TPSA) is 44.5 Å². The number of hydrogen-bond acceptors (Lipinski definition) is 3. The first kappa shape index (κ1) is 12.2. The van der Waals surface area contributed by atoms with E-state index in [-0.39, 0.29) is 5.82 Å². The predicted molar refractivity (Wildman–Crippen MR) is 68.1 cm³/mol. The Morgan fingerprint density at radius 3 is 2.72 bits per heavy atom. The van der Waals surface area contributed by atoms with Crippen LogP contribution in [0.3, 0.4) is 0 Å². The van der Waals surface area contributed by atoms with E-state index >= 15 is 0 Å². The average molecular weight is 247 g/mol. The highest BCUT2D eigenvalue weighted by atomic mass is 19.1. The Morgan fingerprint density at radius 2 is 2.00 bits per heavy atom. The molecule has 0 heterocycles. The van der Waals surface area contributed by atoms with Crippen LogP contribution in [0, 0.1) is 5.82 Å². The summed E-state index contributed by atoms with van der Waals surface area (Å²) in [6.45, 7) is 0.333. The number of nitrogens with two attached hydrogens (primary N) is 1. The number of rotatable bonds is 4. The summed E-state index contributed by atoms with van der Waals surface area (Å²) in [5.74, 6) is 0.781. The smallest absolute Gasteiger partial charge is 0.142 e. The second-order valence-corrected chi connectivity index (χ2v) is 3.82. The van der Waals surface area contributed by atoms with E-state index < -0.39 is 0 Å². The fourth-order valence-corrected chi connectivity index (χ4v) is 1.57. The van der Waals surface area contributed by atoms with Crippen molar-refractivity contribution in [1.29, 1.82) is 0 Å². The van der Waals surface area contributed by atoms with Gasteiger partial charge in [-0.2, -0.15) is 0 Å². The van der Waals surface area contributed by atoms with Crippen LogP contribution in [-0.4, -0.2) is 7.11 Å². The van der Waals surface area contributed by atoms with Crippen molar-refractivity contribution in [3.8, 4) is 11.5 Å². The van der Waals surface area contributed by atoms with Gasteiger partial charge in [0.15, 0.2) is 0 Å². The Morgan fingerprint density at radius 1 is 1.17 bits per heavy atom. The molecule has 0 saturated carbocycles. The molecular weight excluding hydrogens is 233 g/mol. The molecule has 0 fully saturated rings. The third-order valence-corrected chi connectivity index (χ3v) is 2.50. The van der Waals surface area contributed by atoms with E-state index in [1.807, 2.05) is 6.07 Å². The zero-order valence-electron chi connectivity index (χ0n) is 10.0. The number of ether oxygens (including phenoxy) is 2. The molecule has 0 aromatic heterocycles. The molecule has 2 rings (SSSR count). The molecule has 0 spiro atoms. The Labute approximate surface area is 105 Å². The standard InChI is InChI=1S/C14H14FNO2/c1-17-14-7-10(5-6-13(14)16)9-18-12-4-2-3-11(15)8-12/h2-8H,9,16H2,1H3. The minimum Gasteiger partial charge on any atom is -0.495 e. The summed E-state index contributed by atoms with van der Waals surface area (Å²) < 4.78 is 23.5. The summed E-state index contributed by atoms with van der Waals surface area (Å²) >= 11 is 0. The van der Waals surface area contributed by atoms with Crippen LogP contribution in [0.2, 0.25) is 0 Å². The van der Waals surface area contributed by atoms with Gasteiger partial charge in [-0.05, 0) is 29.8 Å². The Balaban J connectivity index is 2.06. The van der Waals surface area contributed by atoms with E-state index in [9.17, 15) is 4.39 Å². The summed E-state index contributed by atoms with van der Waals surface area (Å²) in [6.07, 6.45) is 0. The lowest BCUT2D eigenvalue weighted by Gasteiger charge is -2.09. The molecule has 0 radical (unpaired) electrons. The number of anilines is 1. The van der Waals surface area contributed by atoms with Gasteiger partial charge >= 0.3 is 0 Å². The first-order chi connectivity index (χ1) is 8.69. The van der Waals surface area contributed by atoms with Crippen molar-refractivity contribution in [2.24, 2.45) is 0 Å². The van der Waals surface area contributed by atoms with E-state index in [0.717, 1.165) is 5.56 Å². The SMILES string of the molecule is COc1cc(COc2cccc(F)c2)ccc1N. The number of nitrogen functional groups attached to an aromatic ring is 1. The predicted octanol–water partition coefficient (Wildman–Crippen LogP) is 3.00. The van der Waals surface area contributed by atoms with Gasteiger partial charge in [0, 0.05) is 6.07 Å².